The number of para-hydroxylation sites is 1. The second kappa shape index (κ2) is 11.5. The number of benzene rings is 3. The number of allylic oxidation sites excluding steroid dienone is 1. The maximum Gasteiger partial charge on any atom is 0.0877 e. The Kier molecular flexibility index (Phi) is 8.14. The van der Waals surface area contributed by atoms with Gasteiger partial charge in [-0.15, -0.1) is 0 Å². The molecule has 0 aromatic heterocycles. The summed E-state index contributed by atoms with van der Waals surface area (Å²) in [5.74, 6) is 0.191. The summed E-state index contributed by atoms with van der Waals surface area (Å²) in [6.45, 7) is 13.1. The first-order chi connectivity index (χ1) is 17.5. The van der Waals surface area contributed by atoms with E-state index < -0.39 is 0 Å². The Labute approximate surface area is 217 Å². The van der Waals surface area contributed by atoms with E-state index in [2.05, 4.69) is 117 Å². The van der Waals surface area contributed by atoms with Gasteiger partial charge in [-0.3, -0.25) is 5.01 Å². The fourth-order valence-electron chi connectivity index (χ4n) is 5.34. The molecule has 1 heterocycles. The topological polar surface area (TPSA) is 44.9 Å². The van der Waals surface area contributed by atoms with Gasteiger partial charge in [-0.2, -0.15) is 5.10 Å². The first-order valence-corrected chi connectivity index (χ1v) is 13.4. The Morgan fingerprint density at radius 2 is 1.56 bits per heavy atom. The molecule has 2 atom stereocenters. The third-order valence-corrected chi connectivity index (χ3v) is 7.46. The Morgan fingerprint density at radius 3 is 2.17 bits per heavy atom. The molecule has 0 fully saturated rings. The Morgan fingerprint density at radius 1 is 0.861 bits per heavy atom. The van der Waals surface area contributed by atoms with E-state index in [0.29, 0.717) is 0 Å². The van der Waals surface area contributed by atoms with E-state index in [4.69, 9.17) is 10.8 Å². The largest absolute Gasteiger partial charge is 0.398 e. The zero-order valence-electron chi connectivity index (χ0n) is 22.4. The van der Waals surface area contributed by atoms with Gasteiger partial charge >= 0.3 is 0 Å². The van der Waals surface area contributed by atoms with Crippen LogP contribution in [0.15, 0.2) is 77.9 Å². The van der Waals surface area contributed by atoms with Crippen LogP contribution in [0.5, 0.6) is 0 Å². The molecule has 36 heavy (non-hydrogen) atoms. The van der Waals surface area contributed by atoms with E-state index in [9.17, 15) is 0 Å². The van der Waals surface area contributed by atoms with Gasteiger partial charge in [0.2, 0.25) is 0 Å². The molecule has 0 amide bonds. The maximum atomic E-state index is 6.82. The Hall–Kier alpha value is -3.53. The van der Waals surface area contributed by atoms with Crippen molar-refractivity contribution in [1.82, 2.24) is 0 Å². The normalized spacial score (nSPS) is 17.6. The number of hydrogen-bond donors (Lipinski definition) is 1. The number of hydrazone groups is 1. The fourth-order valence-corrected chi connectivity index (χ4v) is 5.34. The molecule has 0 spiro atoms. The van der Waals surface area contributed by atoms with E-state index in [-0.39, 0.29) is 12.0 Å². The molecule has 3 aromatic carbocycles. The van der Waals surface area contributed by atoms with Crippen LogP contribution in [0.4, 0.5) is 17.1 Å². The quantitative estimate of drug-likeness (QED) is 0.322. The maximum absolute atomic E-state index is 6.82. The van der Waals surface area contributed by atoms with Gasteiger partial charge in [0.25, 0.3) is 0 Å². The third kappa shape index (κ3) is 5.04. The van der Waals surface area contributed by atoms with E-state index in [1.165, 1.54) is 22.4 Å². The molecule has 2 N–H and O–H groups in total. The number of nitrogens with zero attached hydrogens (tertiary/aromatic N) is 3. The number of nitrogen functional groups attached to an aromatic ring is 1. The highest BCUT2D eigenvalue weighted by Gasteiger charge is 2.36. The van der Waals surface area contributed by atoms with Crippen molar-refractivity contribution in [1.29, 1.82) is 0 Å². The van der Waals surface area contributed by atoms with Crippen molar-refractivity contribution >= 4 is 28.8 Å². The standard InChI is InChI=1S/C32H40N4/c1-6-25-18-21-29(31(33)28(25)7-2)32-23(5)30(34-36(32)27-13-11-10-12-14-27)22-17-24-15-19-26(20-16-24)35(8-3)9-4/h10-23,32H,6-9,33H2,1-5H3. The molecular weight excluding hydrogens is 440 g/mol. The van der Waals surface area contributed by atoms with Crippen molar-refractivity contribution in [2.24, 2.45) is 11.0 Å². The highest BCUT2D eigenvalue weighted by Crippen LogP contribution is 2.42. The lowest BCUT2D eigenvalue weighted by Gasteiger charge is -2.29. The lowest BCUT2D eigenvalue weighted by Crippen LogP contribution is -2.25. The fraction of sp³-hybridized carbons (Fsp3) is 0.344. The summed E-state index contributed by atoms with van der Waals surface area (Å²) < 4.78 is 0. The average Bonchev–Trinajstić information content (AvgIpc) is 3.24. The number of nitrogens with two attached hydrogens (primary N) is 1. The summed E-state index contributed by atoms with van der Waals surface area (Å²) >= 11 is 0. The second-order valence-corrected chi connectivity index (χ2v) is 9.45. The van der Waals surface area contributed by atoms with Crippen LogP contribution in [0.25, 0.3) is 6.08 Å². The summed E-state index contributed by atoms with van der Waals surface area (Å²) in [5, 5.41) is 7.28. The van der Waals surface area contributed by atoms with Gasteiger partial charge in [0.1, 0.15) is 0 Å². The first-order valence-electron chi connectivity index (χ1n) is 13.4. The van der Waals surface area contributed by atoms with Crippen LogP contribution in [0.2, 0.25) is 0 Å². The second-order valence-electron chi connectivity index (χ2n) is 9.45. The van der Waals surface area contributed by atoms with E-state index in [0.717, 1.165) is 48.6 Å². The lowest BCUT2D eigenvalue weighted by atomic mass is 9.86. The van der Waals surface area contributed by atoms with Crippen molar-refractivity contribution in [3.8, 4) is 0 Å². The molecular formula is C32H40N4. The molecule has 4 rings (SSSR count). The number of aryl methyl sites for hydroxylation is 1. The zero-order valence-corrected chi connectivity index (χ0v) is 22.4. The van der Waals surface area contributed by atoms with Crippen LogP contribution in [-0.2, 0) is 12.8 Å². The van der Waals surface area contributed by atoms with Crippen molar-refractivity contribution in [2.45, 2.75) is 53.5 Å². The van der Waals surface area contributed by atoms with E-state index in [1.807, 2.05) is 6.07 Å². The Balaban J connectivity index is 1.68. The van der Waals surface area contributed by atoms with Crippen LogP contribution in [0.1, 0.15) is 62.9 Å². The van der Waals surface area contributed by atoms with Crippen LogP contribution in [0.3, 0.4) is 0 Å². The molecule has 1 aliphatic rings. The smallest absolute Gasteiger partial charge is 0.0877 e. The first kappa shape index (κ1) is 25.6. The summed E-state index contributed by atoms with van der Waals surface area (Å²) in [5.41, 5.74) is 16.1. The Bertz CT molecular complexity index is 1210. The molecule has 0 saturated heterocycles. The molecule has 188 valence electrons. The van der Waals surface area contributed by atoms with Crippen molar-refractivity contribution in [2.75, 3.05) is 28.7 Å². The summed E-state index contributed by atoms with van der Waals surface area (Å²) in [7, 11) is 0. The minimum atomic E-state index is 0.0494. The highest BCUT2D eigenvalue weighted by atomic mass is 15.5. The van der Waals surface area contributed by atoms with Crippen molar-refractivity contribution in [3.05, 3.63) is 95.1 Å². The molecule has 3 aromatic rings. The SMILES string of the molecule is CCc1ccc(C2C(C)C(C=Cc3ccc(N(CC)CC)cc3)=NN2c2ccccc2)c(N)c1CC. The van der Waals surface area contributed by atoms with Gasteiger partial charge in [-0.25, -0.2) is 0 Å². The molecule has 0 aliphatic carbocycles. The van der Waals surface area contributed by atoms with Gasteiger partial charge in [0.15, 0.2) is 0 Å². The predicted octanol–water partition coefficient (Wildman–Crippen LogP) is 7.51. The summed E-state index contributed by atoms with van der Waals surface area (Å²) in [6.07, 6.45) is 6.28. The van der Waals surface area contributed by atoms with Gasteiger partial charge in [-0.1, -0.05) is 69.3 Å². The number of hydrogen-bond acceptors (Lipinski definition) is 4. The van der Waals surface area contributed by atoms with Crippen LogP contribution in [-0.4, -0.2) is 18.8 Å². The van der Waals surface area contributed by atoms with Crippen molar-refractivity contribution < 1.29 is 0 Å². The highest BCUT2D eigenvalue weighted by molar-refractivity contribution is 6.03. The van der Waals surface area contributed by atoms with E-state index in [1.54, 1.807) is 0 Å². The number of anilines is 3. The van der Waals surface area contributed by atoms with Crippen molar-refractivity contribution in [3.63, 3.8) is 0 Å². The van der Waals surface area contributed by atoms with E-state index >= 15 is 0 Å². The third-order valence-electron chi connectivity index (χ3n) is 7.46. The van der Waals surface area contributed by atoms with Crippen LogP contribution < -0.4 is 15.6 Å². The summed E-state index contributed by atoms with van der Waals surface area (Å²) in [6, 6.07) is 23.7. The van der Waals surface area contributed by atoms with Gasteiger partial charge in [-0.05, 0) is 73.7 Å². The van der Waals surface area contributed by atoms with Gasteiger partial charge < -0.3 is 10.6 Å². The lowest BCUT2D eigenvalue weighted by molar-refractivity contribution is 0.590. The van der Waals surface area contributed by atoms with Gasteiger partial charge in [0, 0.05) is 35.9 Å². The molecule has 2 unspecified atom stereocenters. The minimum absolute atomic E-state index is 0.0494. The predicted molar refractivity (Wildman–Crippen MR) is 157 cm³/mol. The molecule has 0 bridgehead atoms. The zero-order chi connectivity index (χ0) is 25.7. The molecule has 4 nitrogen and oxygen atoms in total. The monoisotopic (exact) mass is 480 g/mol. The number of rotatable bonds is 9. The molecule has 1 aliphatic heterocycles. The van der Waals surface area contributed by atoms with Gasteiger partial charge in [0.05, 0.1) is 17.4 Å². The minimum Gasteiger partial charge on any atom is -0.398 e. The summed E-state index contributed by atoms with van der Waals surface area (Å²) in [4.78, 5) is 2.36. The molecule has 0 radical (unpaired) electrons. The molecule has 0 saturated carbocycles. The van der Waals surface area contributed by atoms with Crippen LogP contribution >= 0.6 is 0 Å². The molecule has 4 heteroatoms. The average molecular weight is 481 g/mol. The van der Waals surface area contributed by atoms with Crippen LogP contribution in [0, 0.1) is 5.92 Å².